The summed E-state index contributed by atoms with van der Waals surface area (Å²) in [6.45, 7) is 8.74. The lowest BCUT2D eigenvalue weighted by atomic mass is 10.0. The Balaban J connectivity index is 2.15. The average molecular weight is 302 g/mol. The van der Waals surface area contributed by atoms with Gasteiger partial charge in [-0.05, 0) is 30.9 Å². The number of amides is 2. The number of carbonyl (C=O) groups excluding carboxylic acids is 2. The zero-order valence-corrected chi connectivity index (χ0v) is 13.9. The van der Waals surface area contributed by atoms with Crippen LogP contribution in [-0.4, -0.2) is 24.4 Å². The predicted octanol–water partition coefficient (Wildman–Crippen LogP) is 3.08. The summed E-state index contributed by atoms with van der Waals surface area (Å²) in [5.74, 6) is 0.128. The highest BCUT2D eigenvalue weighted by Crippen LogP contribution is 2.32. The van der Waals surface area contributed by atoms with Crippen molar-refractivity contribution < 1.29 is 9.59 Å². The zero-order chi connectivity index (χ0) is 16.3. The molecule has 4 heteroatoms. The van der Waals surface area contributed by atoms with Crippen molar-refractivity contribution in [3.63, 3.8) is 0 Å². The minimum atomic E-state index is -0.248. The molecule has 0 spiro atoms. The number of hydrogen-bond acceptors (Lipinski definition) is 2. The van der Waals surface area contributed by atoms with Crippen LogP contribution in [0.5, 0.6) is 0 Å². The maximum absolute atomic E-state index is 12.4. The van der Waals surface area contributed by atoms with Gasteiger partial charge >= 0.3 is 0 Å². The highest BCUT2D eigenvalue weighted by atomic mass is 16.2. The number of benzene rings is 1. The maximum atomic E-state index is 12.4. The molecule has 4 nitrogen and oxygen atoms in total. The molecule has 2 atom stereocenters. The van der Waals surface area contributed by atoms with Crippen LogP contribution in [0, 0.1) is 5.92 Å². The van der Waals surface area contributed by atoms with Crippen molar-refractivity contribution >= 4 is 17.5 Å². The Morgan fingerprint density at radius 3 is 2.64 bits per heavy atom. The number of carbonyl (C=O) groups is 2. The van der Waals surface area contributed by atoms with Crippen LogP contribution >= 0.6 is 0 Å². The normalized spacial score (nSPS) is 19.6. The van der Waals surface area contributed by atoms with Crippen molar-refractivity contribution in [2.24, 2.45) is 5.92 Å². The van der Waals surface area contributed by atoms with Gasteiger partial charge in [0.25, 0.3) is 0 Å². The minimum Gasteiger partial charge on any atom is -0.353 e. The summed E-state index contributed by atoms with van der Waals surface area (Å²) in [6.07, 6.45) is 1.20. The van der Waals surface area contributed by atoms with E-state index in [1.54, 1.807) is 4.90 Å². The van der Waals surface area contributed by atoms with Crippen LogP contribution in [0.1, 0.15) is 52.0 Å². The monoisotopic (exact) mass is 302 g/mol. The SMILES string of the molecule is CCC(C)NC(=O)C1CC(=O)N(c2ccccc2C(C)C)C1. The van der Waals surface area contributed by atoms with E-state index in [0.717, 1.165) is 17.7 Å². The average Bonchev–Trinajstić information content (AvgIpc) is 2.89. The summed E-state index contributed by atoms with van der Waals surface area (Å²) >= 11 is 0. The molecule has 120 valence electrons. The highest BCUT2D eigenvalue weighted by Gasteiger charge is 2.36. The molecule has 0 aliphatic carbocycles. The summed E-state index contributed by atoms with van der Waals surface area (Å²) in [7, 11) is 0. The Morgan fingerprint density at radius 1 is 1.32 bits per heavy atom. The lowest BCUT2D eigenvalue weighted by Crippen LogP contribution is -2.38. The fourth-order valence-corrected chi connectivity index (χ4v) is 2.80. The number of anilines is 1. The molecular formula is C18H26N2O2. The van der Waals surface area contributed by atoms with Crippen LogP contribution in [0.25, 0.3) is 0 Å². The molecule has 0 bridgehead atoms. The molecule has 1 heterocycles. The third-order valence-corrected chi connectivity index (χ3v) is 4.35. The van der Waals surface area contributed by atoms with Crippen LogP contribution in [0.3, 0.4) is 0 Å². The fourth-order valence-electron chi connectivity index (χ4n) is 2.80. The Kier molecular flexibility index (Phi) is 5.22. The van der Waals surface area contributed by atoms with Crippen LogP contribution in [-0.2, 0) is 9.59 Å². The van der Waals surface area contributed by atoms with Crippen molar-refractivity contribution in [2.45, 2.75) is 52.5 Å². The number of para-hydroxylation sites is 1. The van der Waals surface area contributed by atoms with Gasteiger partial charge < -0.3 is 10.2 Å². The molecule has 2 rings (SSSR count). The first-order chi connectivity index (χ1) is 10.4. The quantitative estimate of drug-likeness (QED) is 0.908. The molecule has 1 N–H and O–H groups in total. The van der Waals surface area contributed by atoms with Crippen LogP contribution < -0.4 is 10.2 Å². The Morgan fingerprint density at radius 2 is 2.00 bits per heavy atom. The maximum Gasteiger partial charge on any atom is 0.227 e. The Bertz CT molecular complexity index is 554. The first-order valence-corrected chi connectivity index (χ1v) is 8.13. The van der Waals surface area contributed by atoms with Crippen molar-refractivity contribution in [1.29, 1.82) is 0 Å². The molecule has 0 radical (unpaired) electrons. The molecule has 2 amide bonds. The molecule has 1 aromatic carbocycles. The van der Waals surface area contributed by atoms with E-state index in [0.29, 0.717) is 18.9 Å². The summed E-state index contributed by atoms with van der Waals surface area (Å²) in [5, 5.41) is 2.98. The van der Waals surface area contributed by atoms with Gasteiger partial charge in [-0.2, -0.15) is 0 Å². The number of hydrogen-bond donors (Lipinski definition) is 1. The van der Waals surface area contributed by atoms with Gasteiger partial charge in [-0.1, -0.05) is 39.0 Å². The van der Waals surface area contributed by atoms with Crippen LogP contribution in [0.2, 0.25) is 0 Å². The van der Waals surface area contributed by atoms with E-state index < -0.39 is 0 Å². The first-order valence-electron chi connectivity index (χ1n) is 8.13. The van der Waals surface area contributed by atoms with Gasteiger partial charge in [0.05, 0.1) is 5.92 Å². The van der Waals surface area contributed by atoms with Crippen molar-refractivity contribution in [3.05, 3.63) is 29.8 Å². The fraction of sp³-hybridized carbons (Fsp3) is 0.556. The highest BCUT2D eigenvalue weighted by molar-refractivity contribution is 6.00. The second-order valence-electron chi connectivity index (χ2n) is 6.44. The Labute approximate surface area is 132 Å². The summed E-state index contributed by atoms with van der Waals surface area (Å²) in [5.41, 5.74) is 2.10. The van der Waals surface area contributed by atoms with Crippen molar-refractivity contribution in [2.75, 3.05) is 11.4 Å². The minimum absolute atomic E-state index is 0.00720. The summed E-state index contributed by atoms with van der Waals surface area (Å²) in [4.78, 5) is 26.4. The molecule has 1 saturated heterocycles. The topological polar surface area (TPSA) is 49.4 Å². The molecule has 1 aliphatic heterocycles. The van der Waals surface area contributed by atoms with E-state index in [4.69, 9.17) is 0 Å². The van der Waals surface area contributed by atoms with Crippen LogP contribution in [0.4, 0.5) is 5.69 Å². The van der Waals surface area contributed by atoms with Crippen molar-refractivity contribution in [1.82, 2.24) is 5.32 Å². The van der Waals surface area contributed by atoms with Gasteiger partial charge in [-0.25, -0.2) is 0 Å². The standard InChI is InChI=1S/C18H26N2O2/c1-5-13(4)19-18(22)14-10-17(21)20(11-14)16-9-7-6-8-15(16)12(2)3/h6-9,12-14H,5,10-11H2,1-4H3,(H,19,22). The van der Waals surface area contributed by atoms with E-state index in [1.165, 1.54) is 0 Å². The molecule has 22 heavy (non-hydrogen) atoms. The van der Waals surface area contributed by atoms with E-state index in [1.807, 2.05) is 32.0 Å². The van der Waals surface area contributed by atoms with Gasteiger partial charge in [0, 0.05) is 24.7 Å². The van der Waals surface area contributed by atoms with Crippen molar-refractivity contribution in [3.8, 4) is 0 Å². The molecule has 1 aromatic rings. The van der Waals surface area contributed by atoms with E-state index in [-0.39, 0.29) is 23.8 Å². The molecular weight excluding hydrogens is 276 g/mol. The molecule has 1 aliphatic rings. The van der Waals surface area contributed by atoms with E-state index >= 15 is 0 Å². The molecule has 0 aromatic heterocycles. The summed E-state index contributed by atoms with van der Waals surface area (Å²) in [6, 6.07) is 8.12. The molecule has 1 fully saturated rings. The van der Waals surface area contributed by atoms with Gasteiger partial charge in [0.2, 0.25) is 11.8 Å². The third-order valence-electron chi connectivity index (χ3n) is 4.35. The first kappa shape index (κ1) is 16.5. The number of nitrogens with zero attached hydrogens (tertiary/aromatic N) is 1. The van der Waals surface area contributed by atoms with Gasteiger partial charge in [0.15, 0.2) is 0 Å². The van der Waals surface area contributed by atoms with Gasteiger partial charge in [-0.3, -0.25) is 9.59 Å². The lowest BCUT2D eigenvalue weighted by Gasteiger charge is -2.22. The largest absolute Gasteiger partial charge is 0.353 e. The van der Waals surface area contributed by atoms with E-state index in [9.17, 15) is 9.59 Å². The van der Waals surface area contributed by atoms with Gasteiger partial charge in [-0.15, -0.1) is 0 Å². The lowest BCUT2D eigenvalue weighted by molar-refractivity contribution is -0.126. The second kappa shape index (κ2) is 6.95. The number of nitrogens with one attached hydrogen (secondary N) is 1. The smallest absolute Gasteiger partial charge is 0.227 e. The van der Waals surface area contributed by atoms with Gasteiger partial charge in [0.1, 0.15) is 0 Å². The van der Waals surface area contributed by atoms with E-state index in [2.05, 4.69) is 25.2 Å². The molecule has 2 unspecified atom stereocenters. The predicted molar refractivity (Wildman–Crippen MR) is 88.9 cm³/mol. The summed E-state index contributed by atoms with van der Waals surface area (Å²) < 4.78 is 0. The second-order valence-corrected chi connectivity index (χ2v) is 6.44. The third kappa shape index (κ3) is 3.49. The Hall–Kier alpha value is -1.84. The van der Waals surface area contributed by atoms with Crippen LogP contribution in [0.15, 0.2) is 24.3 Å². The molecule has 0 saturated carbocycles. The zero-order valence-electron chi connectivity index (χ0n) is 13.9. The number of rotatable bonds is 5.